The molecule has 1 aromatic carbocycles. The molecule has 0 saturated carbocycles. The lowest BCUT2D eigenvalue weighted by molar-refractivity contribution is 0.0648. The molecule has 0 bridgehead atoms. The predicted molar refractivity (Wildman–Crippen MR) is 47.9 cm³/mol. The van der Waals surface area contributed by atoms with Crippen LogP contribution in [0.4, 0.5) is 4.39 Å². The third-order valence-electron chi connectivity index (χ3n) is 2.21. The Morgan fingerprint density at radius 2 is 2.17 bits per heavy atom. The van der Waals surface area contributed by atoms with Crippen molar-refractivity contribution in [1.29, 1.82) is 0 Å². The molecule has 2 atom stereocenters. The molecular formula is C9H8BrFO. The first-order chi connectivity index (χ1) is 5.62. The molecule has 0 spiro atoms. The van der Waals surface area contributed by atoms with Crippen molar-refractivity contribution >= 4 is 15.9 Å². The minimum absolute atomic E-state index is 0.290. The van der Waals surface area contributed by atoms with Gasteiger partial charge in [0.2, 0.25) is 0 Å². The van der Waals surface area contributed by atoms with Crippen molar-refractivity contribution in [1.82, 2.24) is 0 Å². The highest BCUT2D eigenvalue weighted by atomic mass is 79.9. The number of hydrogen-bond donors (Lipinski definition) is 1. The lowest BCUT2D eigenvalue weighted by atomic mass is 10.1. The van der Waals surface area contributed by atoms with E-state index < -0.39 is 10.7 Å². The zero-order chi connectivity index (χ0) is 8.77. The van der Waals surface area contributed by atoms with E-state index in [-0.39, 0.29) is 6.42 Å². The average molecular weight is 231 g/mol. The second-order valence-corrected chi connectivity index (χ2v) is 4.21. The number of benzene rings is 1. The maximum Gasteiger partial charge on any atom is 0.176 e. The van der Waals surface area contributed by atoms with Crippen LogP contribution in [-0.4, -0.2) is 11.3 Å². The van der Waals surface area contributed by atoms with Gasteiger partial charge in [-0.15, -0.1) is 0 Å². The maximum absolute atomic E-state index is 13.2. The second kappa shape index (κ2) is 2.54. The van der Waals surface area contributed by atoms with Crippen molar-refractivity contribution in [3.8, 4) is 0 Å². The molecule has 0 heterocycles. The van der Waals surface area contributed by atoms with E-state index in [9.17, 15) is 9.50 Å². The van der Waals surface area contributed by atoms with Gasteiger partial charge in [-0.3, -0.25) is 0 Å². The molecule has 1 nitrogen and oxygen atoms in total. The Balaban J connectivity index is 2.55. The van der Waals surface area contributed by atoms with Crippen molar-refractivity contribution in [2.75, 3.05) is 0 Å². The normalized spacial score (nSPS) is 33.4. The topological polar surface area (TPSA) is 20.2 Å². The van der Waals surface area contributed by atoms with Gasteiger partial charge in [-0.1, -0.05) is 24.3 Å². The van der Waals surface area contributed by atoms with Gasteiger partial charge in [-0.2, -0.15) is 0 Å². The van der Waals surface area contributed by atoms with Gasteiger partial charge in [0.1, 0.15) is 6.17 Å². The highest BCUT2D eigenvalue weighted by Crippen LogP contribution is 2.43. The van der Waals surface area contributed by atoms with E-state index in [1.54, 1.807) is 12.1 Å². The van der Waals surface area contributed by atoms with Gasteiger partial charge in [-0.25, -0.2) is 4.39 Å². The number of rotatable bonds is 0. The number of fused-ring (bicyclic) bond motifs is 1. The molecule has 3 heteroatoms. The minimum atomic E-state index is -1.47. The zero-order valence-corrected chi connectivity index (χ0v) is 7.88. The van der Waals surface area contributed by atoms with Crippen molar-refractivity contribution in [2.45, 2.75) is 17.1 Å². The monoisotopic (exact) mass is 230 g/mol. The van der Waals surface area contributed by atoms with Crippen molar-refractivity contribution in [3.63, 3.8) is 0 Å². The molecule has 1 aliphatic carbocycles. The van der Waals surface area contributed by atoms with E-state index >= 15 is 0 Å². The largest absolute Gasteiger partial charge is 0.372 e. The van der Waals surface area contributed by atoms with Gasteiger partial charge in [0, 0.05) is 12.0 Å². The minimum Gasteiger partial charge on any atom is -0.372 e. The van der Waals surface area contributed by atoms with E-state index in [2.05, 4.69) is 15.9 Å². The first-order valence-corrected chi connectivity index (χ1v) is 4.55. The summed E-state index contributed by atoms with van der Waals surface area (Å²) < 4.78 is 11.7. The molecule has 0 radical (unpaired) electrons. The predicted octanol–water partition coefficient (Wildman–Crippen LogP) is 2.12. The third kappa shape index (κ3) is 1.00. The van der Waals surface area contributed by atoms with Gasteiger partial charge in [0.25, 0.3) is 0 Å². The SMILES string of the molecule is OC1(Br)c2ccccc2CC1F. The molecular weight excluding hydrogens is 223 g/mol. The van der Waals surface area contributed by atoms with Crippen LogP contribution < -0.4 is 0 Å². The van der Waals surface area contributed by atoms with Gasteiger partial charge in [0.05, 0.1) is 0 Å². The molecule has 0 amide bonds. The van der Waals surface area contributed by atoms with Crippen molar-refractivity contribution < 1.29 is 9.50 Å². The van der Waals surface area contributed by atoms with Crippen LogP contribution >= 0.6 is 15.9 Å². The number of aliphatic hydroxyl groups is 1. The standard InChI is InChI=1S/C9H8BrFO/c10-9(12)7-4-2-1-3-6(7)5-8(9)11/h1-4,8,12H,5H2. The van der Waals surface area contributed by atoms with Crippen molar-refractivity contribution in [3.05, 3.63) is 35.4 Å². The molecule has 12 heavy (non-hydrogen) atoms. The van der Waals surface area contributed by atoms with Gasteiger partial charge in [0.15, 0.2) is 4.51 Å². The summed E-state index contributed by atoms with van der Waals surface area (Å²) in [5.74, 6) is 0. The summed E-state index contributed by atoms with van der Waals surface area (Å²) in [5.41, 5.74) is 1.53. The van der Waals surface area contributed by atoms with E-state index in [1.165, 1.54) is 0 Å². The van der Waals surface area contributed by atoms with Crippen LogP contribution in [0.15, 0.2) is 24.3 Å². The van der Waals surface area contributed by atoms with E-state index in [4.69, 9.17) is 0 Å². The summed E-state index contributed by atoms with van der Waals surface area (Å²) in [6.07, 6.45) is -0.951. The first-order valence-electron chi connectivity index (χ1n) is 3.76. The molecule has 0 saturated heterocycles. The van der Waals surface area contributed by atoms with Crippen LogP contribution in [0.1, 0.15) is 11.1 Å². The Hall–Kier alpha value is -0.410. The van der Waals surface area contributed by atoms with Gasteiger partial charge < -0.3 is 5.11 Å². The van der Waals surface area contributed by atoms with Gasteiger partial charge >= 0.3 is 0 Å². The lowest BCUT2D eigenvalue weighted by Gasteiger charge is -2.17. The fourth-order valence-corrected chi connectivity index (χ4v) is 2.09. The molecule has 2 rings (SSSR count). The Morgan fingerprint density at radius 3 is 2.83 bits per heavy atom. The smallest absolute Gasteiger partial charge is 0.176 e. The fourth-order valence-electron chi connectivity index (χ4n) is 1.54. The van der Waals surface area contributed by atoms with E-state index in [0.717, 1.165) is 5.56 Å². The third-order valence-corrected chi connectivity index (χ3v) is 3.13. The Bertz CT molecular complexity index is 311. The van der Waals surface area contributed by atoms with Crippen LogP contribution in [-0.2, 0) is 10.9 Å². The Morgan fingerprint density at radius 1 is 1.50 bits per heavy atom. The molecule has 64 valence electrons. The second-order valence-electron chi connectivity index (χ2n) is 3.00. The molecule has 1 aliphatic rings. The molecule has 0 fully saturated rings. The van der Waals surface area contributed by atoms with Gasteiger partial charge in [-0.05, 0) is 21.5 Å². The van der Waals surface area contributed by atoms with Crippen LogP contribution in [0.3, 0.4) is 0 Å². The van der Waals surface area contributed by atoms with Crippen LogP contribution in [0.5, 0.6) is 0 Å². The van der Waals surface area contributed by atoms with Crippen LogP contribution in [0.25, 0.3) is 0 Å². The van der Waals surface area contributed by atoms with E-state index in [1.807, 2.05) is 12.1 Å². The zero-order valence-electron chi connectivity index (χ0n) is 6.30. The van der Waals surface area contributed by atoms with Crippen LogP contribution in [0.2, 0.25) is 0 Å². The lowest BCUT2D eigenvalue weighted by Crippen LogP contribution is -2.24. The summed E-state index contributed by atoms with van der Waals surface area (Å²) >= 11 is 2.99. The summed E-state index contributed by atoms with van der Waals surface area (Å²) in [7, 11) is 0. The summed E-state index contributed by atoms with van der Waals surface area (Å²) in [6, 6.07) is 7.22. The highest BCUT2D eigenvalue weighted by molar-refractivity contribution is 9.09. The number of alkyl halides is 2. The van der Waals surface area contributed by atoms with E-state index in [0.29, 0.717) is 5.56 Å². The Labute approximate surface area is 78.3 Å². The maximum atomic E-state index is 13.2. The summed E-state index contributed by atoms with van der Waals surface area (Å²) in [5, 5.41) is 9.66. The number of halogens is 2. The van der Waals surface area contributed by atoms with Crippen LogP contribution in [0, 0.1) is 0 Å². The summed E-state index contributed by atoms with van der Waals surface area (Å²) in [4.78, 5) is 0. The molecule has 0 aliphatic heterocycles. The summed E-state index contributed by atoms with van der Waals surface area (Å²) in [6.45, 7) is 0. The molecule has 1 aromatic rings. The highest BCUT2D eigenvalue weighted by Gasteiger charge is 2.43. The quantitative estimate of drug-likeness (QED) is 0.678. The molecule has 1 N–H and O–H groups in total. The average Bonchev–Trinajstić information content (AvgIpc) is 2.25. The van der Waals surface area contributed by atoms with Crippen molar-refractivity contribution in [2.24, 2.45) is 0 Å². The Kier molecular flexibility index (Phi) is 1.73. The molecule has 2 unspecified atom stereocenters. The first kappa shape index (κ1) is 8.20. The number of hydrogen-bond acceptors (Lipinski definition) is 1. The fraction of sp³-hybridized carbons (Fsp3) is 0.333. The molecule has 0 aromatic heterocycles.